The second-order valence-corrected chi connectivity index (χ2v) is 4.01. The van der Waals surface area contributed by atoms with Crippen LogP contribution in [0.3, 0.4) is 0 Å². The Morgan fingerprint density at radius 1 is 1.43 bits per heavy atom. The third kappa shape index (κ3) is 1.45. The number of hydrogen-bond acceptors (Lipinski definition) is 1. The number of aryl methyl sites for hydroxylation is 1. The van der Waals surface area contributed by atoms with Crippen LogP contribution >= 0.6 is 0 Å². The highest BCUT2D eigenvalue weighted by Gasteiger charge is 2.34. The maximum Gasteiger partial charge on any atom is 0.315 e. The predicted molar refractivity (Wildman–Crippen MR) is 55.1 cm³/mol. The van der Waals surface area contributed by atoms with E-state index in [2.05, 4.69) is 29.7 Å². The molecule has 3 heteroatoms. The minimum absolute atomic E-state index is 0.0889. The first-order valence-electron chi connectivity index (χ1n) is 4.73. The molecule has 1 aromatic rings. The third-order valence-corrected chi connectivity index (χ3v) is 2.65. The van der Waals surface area contributed by atoms with Crippen molar-refractivity contribution in [1.82, 2.24) is 10.6 Å². The topological polar surface area (TPSA) is 41.1 Å². The normalized spacial score (nSPS) is 25.7. The summed E-state index contributed by atoms with van der Waals surface area (Å²) in [4.78, 5) is 11.1. The van der Waals surface area contributed by atoms with Crippen molar-refractivity contribution in [2.24, 2.45) is 0 Å². The van der Waals surface area contributed by atoms with E-state index in [0.29, 0.717) is 6.54 Å². The van der Waals surface area contributed by atoms with Gasteiger partial charge >= 0.3 is 6.03 Å². The van der Waals surface area contributed by atoms with Crippen molar-refractivity contribution >= 4 is 6.03 Å². The Morgan fingerprint density at radius 2 is 2.21 bits per heavy atom. The van der Waals surface area contributed by atoms with Crippen LogP contribution in [0.2, 0.25) is 0 Å². The molecule has 2 amide bonds. The molecule has 3 nitrogen and oxygen atoms in total. The van der Waals surface area contributed by atoms with Crippen LogP contribution in [0.1, 0.15) is 18.1 Å². The van der Waals surface area contributed by atoms with Crippen LogP contribution in [-0.4, -0.2) is 12.6 Å². The molecule has 0 radical (unpaired) electrons. The SMILES string of the molecule is Cc1cccc(C2(C)CNC(=O)N2)c1. The van der Waals surface area contributed by atoms with Crippen molar-refractivity contribution in [3.63, 3.8) is 0 Å². The minimum atomic E-state index is -0.261. The van der Waals surface area contributed by atoms with Crippen LogP contribution in [0, 0.1) is 6.92 Å². The number of hydrogen-bond donors (Lipinski definition) is 2. The van der Waals surface area contributed by atoms with Gasteiger partial charge < -0.3 is 10.6 Å². The summed E-state index contributed by atoms with van der Waals surface area (Å²) in [5.74, 6) is 0. The van der Waals surface area contributed by atoms with Crippen LogP contribution in [0.25, 0.3) is 0 Å². The van der Waals surface area contributed by atoms with Gasteiger partial charge in [-0.05, 0) is 19.4 Å². The van der Waals surface area contributed by atoms with E-state index in [1.807, 2.05) is 19.1 Å². The summed E-state index contributed by atoms with van der Waals surface area (Å²) in [5, 5.41) is 5.70. The molecule has 1 aromatic carbocycles. The second kappa shape index (κ2) is 3.01. The van der Waals surface area contributed by atoms with Crippen LogP contribution in [0.15, 0.2) is 24.3 Å². The molecule has 14 heavy (non-hydrogen) atoms. The van der Waals surface area contributed by atoms with Crippen LogP contribution in [0.5, 0.6) is 0 Å². The molecule has 1 heterocycles. The molecule has 1 unspecified atom stereocenters. The maximum atomic E-state index is 11.1. The fraction of sp³-hybridized carbons (Fsp3) is 0.364. The van der Waals surface area contributed by atoms with E-state index in [0.717, 1.165) is 5.56 Å². The number of carbonyl (C=O) groups excluding carboxylic acids is 1. The summed E-state index contributed by atoms with van der Waals surface area (Å²) in [6, 6.07) is 8.12. The van der Waals surface area contributed by atoms with Gasteiger partial charge in [0.15, 0.2) is 0 Å². The van der Waals surface area contributed by atoms with Crippen molar-refractivity contribution < 1.29 is 4.79 Å². The van der Waals surface area contributed by atoms with Crippen LogP contribution in [-0.2, 0) is 5.54 Å². The molecule has 1 fully saturated rings. The van der Waals surface area contributed by atoms with Gasteiger partial charge in [0.25, 0.3) is 0 Å². The number of rotatable bonds is 1. The fourth-order valence-electron chi connectivity index (χ4n) is 1.76. The smallest absolute Gasteiger partial charge is 0.315 e. The first kappa shape index (κ1) is 9.06. The van der Waals surface area contributed by atoms with Crippen molar-refractivity contribution in [3.8, 4) is 0 Å². The molecular formula is C11H14N2O. The van der Waals surface area contributed by atoms with Gasteiger partial charge in [-0.15, -0.1) is 0 Å². The number of urea groups is 1. The zero-order chi connectivity index (χ0) is 10.2. The van der Waals surface area contributed by atoms with Crippen LogP contribution < -0.4 is 10.6 Å². The van der Waals surface area contributed by atoms with E-state index >= 15 is 0 Å². The zero-order valence-corrected chi connectivity index (χ0v) is 8.42. The Kier molecular flexibility index (Phi) is 1.95. The quantitative estimate of drug-likeness (QED) is 0.692. The Hall–Kier alpha value is -1.51. The maximum absolute atomic E-state index is 11.1. The van der Waals surface area contributed by atoms with Gasteiger partial charge in [-0.2, -0.15) is 0 Å². The van der Waals surface area contributed by atoms with Crippen molar-refractivity contribution in [2.45, 2.75) is 19.4 Å². The van der Waals surface area contributed by atoms with Gasteiger partial charge in [0.2, 0.25) is 0 Å². The van der Waals surface area contributed by atoms with Crippen molar-refractivity contribution in [1.29, 1.82) is 0 Å². The highest BCUT2D eigenvalue weighted by atomic mass is 16.2. The van der Waals surface area contributed by atoms with E-state index in [4.69, 9.17) is 0 Å². The van der Waals surface area contributed by atoms with E-state index in [9.17, 15) is 4.79 Å². The largest absolute Gasteiger partial charge is 0.335 e. The fourth-order valence-corrected chi connectivity index (χ4v) is 1.76. The first-order chi connectivity index (χ1) is 6.60. The van der Waals surface area contributed by atoms with Gasteiger partial charge in [0.05, 0.1) is 5.54 Å². The summed E-state index contributed by atoms with van der Waals surface area (Å²) >= 11 is 0. The summed E-state index contributed by atoms with van der Waals surface area (Å²) in [5.41, 5.74) is 2.10. The number of nitrogens with one attached hydrogen (secondary N) is 2. The van der Waals surface area contributed by atoms with Gasteiger partial charge in [-0.1, -0.05) is 29.8 Å². The van der Waals surface area contributed by atoms with Crippen LogP contribution in [0.4, 0.5) is 4.79 Å². The molecule has 0 aromatic heterocycles. The lowest BCUT2D eigenvalue weighted by molar-refractivity contribution is 0.245. The standard InChI is InChI=1S/C11H14N2O/c1-8-4-3-5-9(6-8)11(2)7-12-10(14)13-11/h3-6H,7H2,1-2H3,(H2,12,13,14). The highest BCUT2D eigenvalue weighted by molar-refractivity contribution is 5.77. The highest BCUT2D eigenvalue weighted by Crippen LogP contribution is 2.23. The van der Waals surface area contributed by atoms with E-state index < -0.39 is 0 Å². The van der Waals surface area contributed by atoms with Gasteiger partial charge in [-0.3, -0.25) is 0 Å². The van der Waals surface area contributed by atoms with Gasteiger partial charge in [-0.25, -0.2) is 4.79 Å². The number of benzene rings is 1. The lowest BCUT2D eigenvalue weighted by atomic mass is 9.92. The molecule has 2 N–H and O–H groups in total. The van der Waals surface area contributed by atoms with Crippen molar-refractivity contribution in [2.75, 3.05) is 6.54 Å². The van der Waals surface area contributed by atoms with E-state index in [-0.39, 0.29) is 11.6 Å². The first-order valence-corrected chi connectivity index (χ1v) is 4.73. The molecular weight excluding hydrogens is 176 g/mol. The molecule has 2 rings (SSSR count). The third-order valence-electron chi connectivity index (χ3n) is 2.65. The molecule has 74 valence electrons. The van der Waals surface area contributed by atoms with Gasteiger partial charge in [0.1, 0.15) is 0 Å². The predicted octanol–water partition coefficient (Wildman–Crippen LogP) is 1.52. The molecule has 0 saturated carbocycles. The minimum Gasteiger partial charge on any atom is -0.335 e. The van der Waals surface area contributed by atoms with E-state index in [1.165, 1.54) is 5.56 Å². The van der Waals surface area contributed by atoms with Gasteiger partial charge in [0, 0.05) is 6.54 Å². The molecule has 1 saturated heterocycles. The molecule has 1 aliphatic rings. The Labute approximate surface area is 83.5 Å². The molecule has 1 atom stereocenters. The average Bonchev–Trinajstić information content (AvgIpc) is 2.48. The lowest BCUT2D eigenvalue weighted by Crippen LogP contribution is -2.37. The zero-order valence-electron chi connectivity index (χ0n) is 8.42. The lowest BCUT2D eigenvalue weighted by Gasteiger charge is -2.23. The average molecular weight is 190 g/mol. The summed E-state index contributed by atoms with van der Waals surface area (Å²) < 4.78 is 0. The summed E-state index contributed by atoms with van der Waals surface area (Å²) in [6.45, 7) is 4.73. The Morgan fingerprint density at radius 3 is 2.79 bits per heavy atom. The molecule has 1 aliphatic heterocycles. The Balaban J connectivity index is 2.34. The summed E-state index contributed by atoms with van der Waals surface area (Å²) in [7, 11) is 0. The monoisotopic (exact) mass is 190 g/mol. The number of carbonyl (C=O) groups is 1. The molecule has 0 aliphatic carbocycles. The number of amides is 2. The molecule has 0 bridgehead atoms. The van der Waals surface area contributed by atoms with Crippen molar-refractivity contribution in [3.05, 3.63) is 35.4 Å². The van der Waals surface area contributed by atoms with E-state index in [1.54, 1.807) is 0 Å². The molecule has 0 spiro atoms. The summed E-state index contributed by atoms with van der Waals surface area (Å²) in [6.07, 6.45) is 0. The Bertz CT molecular complexity index is 375. The second-order valence-electron chi connectivity index (χ2n) is 4.01.